The van der Waals surface area contributed by atoms with Gasteiger partial charge in [-0.1, -0.05) is 0 Å². The van der Waals surface area contributed by atoms with Crippen molar-refractivity contribution in [1.82, 2.24) is 5.32 Å². The maximum Gasteiger partial charge on any atom is 0.252 e. The SMILES string of the molecule is O=C(NCC1(CCCl)CC1)c1ccsc1. The number of amides is 1. The maximum atomic E-state index is 11.6. The molecule has 0 aliphatic heterocycles. The van der Waals surface area contributed by atoms with E-state index in [1.54, 1.807) is 11.3 Å². The Morgan fingerprint density at radius 3 is 2.93 bits per heavy atom. The van der Waals surface area contributed by atoms with Gasteiger partial charge in [-0.05, 0) is 36.1 Å². The van der Waals surface area contributed by atoms with E-state index in [-0.39, 0.29) is 5.91 Å². The average molecular weight is 244 g/mol. The van der Waals surface area contributed by atoms with E-state index in [1.807, 2.05) is 16.8 Å². The van der Waals surface area contributed by atoms with E-state index in [0.717, 1.165) is 18.5 Å². The highest BCUT2D eigenvalue weighted by molar-refractivity contribution is 7.08. The van der Waals surface area contributed by atoms with E-state index in [2.05, 4.69) is 5.32 Å². The molecule has 0 spiro atoms. The van der Waals surface area contributed by atoms with Gasteiger partial charge < -0.3 is 5.32 Å². The summed E-state index contributed by atoms with van der Waals surface area (Å²) in [6, 6.07) is 1.85. The molecule has 4 heteroatoms. The monoisotopic (exact) mass is 243 g/mol. The molecular weight excluding hydrogens is 230 g/mol. The highest BCUT2D eigenvalue weighted by Crippen LogP contribution is 2.48. The summed E-state index contributed by atoms with van der Waals surface area (Å²) in [5.41, 5.74) is 1.08. The van der Waals surface area contributed by atoms with Gasteiger partial charge in [0.25, 0.3) is 5.91 Å². The van der Waals surface area contributed by atoms with Crippen LogP contribution in [0.5, 0.6) is 0 Å². The van der Waals surface area contributed by atoms with Crippen LogP contribution in [0.25, 0.3) is 0 Å². The molecule has 1 aliphatic carbocycles. The predicted octanol–water partition coefficient (Wildman–Crippen LogP) is 2.89. The molecule has 0 atom stereocenters. The second-order valence-electron chi connectivity index (χ2n) is 4.13. The molecule has 1 aliphatic rings. The summed E-state index contributed by atoms with van der Waals surface area (Å²) in [5, 5.41) is 6.77. The number of alkyl halides is 1. The normalized spacial score (nSPS) is 17.4. The molecule has 2 nitrogen and oxygen atoms in total. The highest BCUT2D eigenvalue weighted by Gasteiger charge is 2.41. The molecular formula is C11H14ClNOS. The topological polar surface area (TPSA) is 29.1 Å². The van der Waals surface area contributed by atoms with Crippen molar-refractivity contribution in [2.75, 3.05) is 12.4 Å². The Morgan fingerprint density at radius 1 is 1.60 bits per heavy atom. The molecule has 15 heavy (non-hydrogen) atoms. The van der Waals surface area contributed by atoms with Gasteiger partial charge in [-0.3, -0.25) is 4.79 Å². The zero-order valence-electron chi connectivity index (χ0n) is 8.46. The molecule has 82 valence electrons. The van der Waals surface area contributed by atoms with Gasteiger partial charge in [0.2, 0.25) is 0 Å². The number of carbonyl (C=O) groups excluding carboxylic acids is 1. The predicted molar refractivity (Wildman–Crippen MR) is 63.7 cm³/mol. The van der Waals surface area contributed by atoms with Crippen LogP contribution in [-0.2, 0) is 0 Å². The molecule has 1 aromatic rings. The first-order chi connectivity index (χ1) is 7.26. The minimum absolute atomic E-state index is 0.0390. The second kappa shape index (κ2) is 4.54. The number of carbonyl (C=O) groups is 1. The van der Waals surface area contributed by atoms with Crippen LogP contribution in [0.1, 0.15) is 29.6 Å². The van der Waals surface area contributed by atoms with Crippen molar-refractivity contribution < 1.29 is 4.79 Å². The lowest BCUT2D eigenvalue weighted by Gasteiger charge is -2.13. The number of hydrogen-bond acceptors (Lipinski definition) is 2. The van der Waals surface area contributed by atoms with Crippen molar-refractivity contribution in [1.29, 1.82) is 0 Å². The van der Waals surface area contributed by atoms with Crippen LogP contribution in [0, 0.1) is 5.41 Å². The van der Waals surface area contributed by atoms with Crippen molar-refractivity contribution in [3.8, 4) is 0 Å². The third kappa shape index (κ3) is 2.73. The van der Waals surface area contributed by atoms with Gasteiger partial charge in [-0.15, -0.1) is 11.6 Å². The van der Waals surface area contributed by atoms with Crippen LogP contribution in [0.2, 0.25) is 0 Å². The first kappa shape index (κ1) is 11.0. The molecule has 1 amide bonds. The highest BCUT2D eigenvalue weighted by atomic mass is 35.5. The van der Waals surface area contributed by atoms with E-state index in [1.165, 1.54) is 12.8 Å². The summed E-state index contributed by atoms with van der Waals surface area (Å²) in [4.78, 5) is 11.6. The summed E-state index contributed by atoms with van der Waals surface area (Å²) >= 11 is 7.28. The number of nitrogens with one attached hydrogen (secondary N) is 1. The Hall–Kier alpha value is -0.540. The van der Waals surface area contributed by atoms with Gasteiger partial charge in [0, 0.05) is 23.4 Å². The fraction of sp³-hybridized carbons (Fsp3) is 0.545. The molecule has 0 unspecified atom stereocenters. The quantitative estimate of drug-likeness (QED) is 0.792. The van der Waals surface area contributed by atoms with Crippen LogP contribution < -0.4 is 5.32 Å². The van der Waals surface area contributed by atoms with E-state index in [0.29, 0.717) is 11.3 Å². The standard InChI is InChI=1S/C11H14ClNOS/c12-5-4-11(2-3-11)8-13-10(14)9-1-6-15-7-9/h1,6-7H,2-5,8H2,(H,13,14). The molecule has 1 saturated carbocycles. The fourth-order valence-corrected chi connectivity index (χ4v) is 2.69. The zero-order chi connectivity index (χ0) is 10.7. The van der Waals surface area contributed by atoms with E-state index in [4.69, 9.17) is 11.6 Å². The molecule has 1 N–H and O–H groups in total. The number of thiophene rings is 1. The Bertz CT molecular complexity index is 332. The maximum absolute atomic E-state index is 11.6. The molecule has 0 saturated heterocycles. The Labute approximate surface area is 98.6 Å². The lowest BCUT2D eigenvalue weighted by atomic mass is 10.0. The van der Waals surface area contributed by atoms with Gasteiger partial charge in [-0.2, -0.15) is 11.3 Å². The van der Waals surface area contributed by atoms with Gasteiger partial charge >= 0.3 is 0 Å². The summed E-state index contributed by atoms with van der Waals surface area (Å²) in [5.74, 6) is 0.728. The van der Waals surface area contributed by atoms with Crippen molar-refractivity contribution in [2.24, 2.45) is 5.41 Å². The molecule has 1 heterocycles. The Balaban J connectivity index is 1.81. The third-order valence-electron chi connectivity index (χ3n) is 2.99. The zero-order valence-corrected chi connectivity index (χ0v) is 10.0. The average Bonchev–Trinajstić information content (AvgIpc) is 2.81. The second-order valence-corrected chi connectivity index (χ2v) is 5.29. The van der Waals surface area contributed by atoms with Gasteiger partial charge in [0.05, 0.1) is 0 Å². The summed E-state index contributed by atoms with van der Waals surface area (Å²) in [6.45, 7) is 0.772. The smallest absolute Gasteiger partial charge is 0.252 e. The van der Waals surface area contributed by atoms with Crippen LogP contribution in [0.15, 0.2) is 16.8 Å². The van der Waals surface area contributed by atoms with Crippen molar-refractivity contribution in [3.05, 3.63) is 22.4 Å². The van der Waals surface area contributed by atoms with Crippen molar-refractivity contribution in [3.63, 3.8) is 0 Å². The Morgan fingerprint density at radius 2 is 2.40 bits per heavy atom. The van der Waals surface area contributed by atoms with Crippen LogP contribution in [0.3, 0.4) is 0 Å². The molecule has 1 fully saturated rings. The molecule has 0 radical (unpaired) electrons. The van der Waals surface area contributed by atoms with Gasteiger partial charge in [-0.25, -0.2) is 0 Å². The summed E-state index contributed by atoms with van der Waals surface area (Å²) in [6.07, 6.45) is 3.41. The van der Waals surface area contributed by atoms with E-state index >= 15 is 0 Å². The van der Waals surface area contributed by atoms with Crippen molar-refractivity contribution >= 4 is 28.8 Å². The van der Waals surface area contributed by atoms with Gasteiger partial charge in [0.1, 0.15) is 0 Å². The first-order valence-corrected chi connectivity index (χ1v) is 6.60. The molecule has 0 aromatic carbocycles. The minimum Gasteiger partial charge on any atom is -0.351 e. The largest absolute Gasteiger partial charge is 0.351 e. The summed E-state index contributed by atoms with van der Waals surface area (Å²) < 4.78 is 0. The molecule has 1 aromatic heterocycles. The lowest BCUT2D eigenvalue weighted by Crippen LogP contribution is -2.30. The molecule has 0 bridgehead atoms. The number of halogens is 1. The van der Waals surface area contributed by atoms with Crippen LogP contribution in [-0.4, -0.2) is 18.3 Å². The van der Waals surface area contributed by atoms with E-state index < -0.39 is 0 Å². The van der Waals surface area contributed by atoms with Gasteiger partial charge in [0.15, 0.2) is 0 Å². The third-order valence-corrected chi connectivity index (χ3v) is 3.86. The fourth-order valence-electron chi connectivity index (χ4n) is 1.66. The first-order valence-electron chi connectivity index (χ1n) is 5.12. The van der Waals surface area contributed by atoms with Crippen molar-refractivity contribution in [2.45, 2.75) is 19.3 Å². The Kier molecular flexibility index (Phi) is 3.32. The van der Waals surface area contributed by atoms with Crippen LogP contribution in [0.4, 0.5) is 0 Å². The van der Waals surface area contributed by atoms with Crippen LogP contribution >= 0.6 is 22.9 Å². The lowest BCUT2D eigenvalue weighted by molar-refractivity contribution is 0.0945. The number of rotatable bonds is 5. The number of hydrogen-bond donors (Lipinski definition) is 1. The van der Waals surface area contributed by atoms with E-state index in [9.17, 15) is 4.79 Å². The molecule has 2 rings (SSSR count). The minimum atomic E-state index is 0.0390. The summed E-state index contributed by atoms with van der Waals surface area (Å²) in [7, 11) is 0.